The van der Waals surface area contributed by atoms with Gasteiger partial charge in [-0.25, -0.2) is 0 Å². The molecule has 1 saturated carbocycles. The van der Waals surface area contributed by atoms with Gasteiger partial charge in [0, 0.05) is 36.0 Å². The quantitative estimate of drug-likeness (QED) is 0.464. The molecule has 0 aromatic heterocycles. The Kier molecular flexibility index (Phi) is 7.67. The molecule has 0 unspecified atom stereocenters. The van der Waals surface area contributed by atoms with Crippen molar-refractivity contribution in [1.82, 2.24) is 10.2 Å². The summed E-state index contributed by atoms with van der Waals surface area (Å²) in [6.07, 6.45) is -0.275. The number of nitrogens with one attached hydrogen (secondary N) is 1. The van der Waals surface area contributed by atoms with Crippen LogP contribution in [0.1, 0.15) is 42.4 Å². The topological polar surface area (TPSA) is 61.8 Å². The standard InChI is InChI=1S/C29H31F3N2O3/c1-3-16-34-17-15-27(23-5-4-6-25(18-23)37-2)19-24(13-14-28(27,36)20-34)33-26(35)12-9-21-7-10-22(11-8-21)29(30,31)32/h3-8,10-11,18,24,36H,1,13-17,19-20H2,2H3,(H,33,35)/t24-,27+,28+/m1/s1. The van der Waals surface area contributed by atoms with Crippen LogP contribution in [0.2, 0.25) is 0 Å². The van der Waals surface area contributed by atoms with E-state index in [9.17, 15) is 23.1 Å². The molecule has 3 atom stereocenters. The van der Waals surface area contributed by atoms with Gasteiger partial charge in [0.05, 0.1) is 18.3 Å². The van der Waals surface area contributed by atoms with Crippen LogP contribution in [0.3, 0.4) is 0 Å². The third-order valence-corrected chi connectivity index (χ3v) is 7.61. The zero-order chi connectivity index (χ0) is 26.7. The highest BCUT2D eigenvalue weighted by Crippen LogP contribution is 2.52. The van der Waals surface area contributed by atoms with Gasteiger partial charge in [-0.1, -0.05) is 24.1 Å². The highest BCUT2D eigenvalue weighted by atomic mass is 19.4. The first-order chi connectivity index (χ1) is 17.6. The number of benzene rings is 2. The molecule has 2 fully saturated rings. The Morgan fingerprint density at radius 2 is 2.03 bits per heavy atom. The second-order valence-corrected chi connectivity index (χ2v) is 9.86. The normalized spacial score (nSPS) is 25.8. The van der Waals surface area contributed by atoms with Gasteiger partial charge in [0.2, 0.25) is 0 Å². The zero-order valence-electron chi connectivity index (χ0n) is 20.8. The Hall–Kier alpha value is -3.28. The van der Waals surface area contributed by atoms with Gasteiger partial charge in [0.15, 0.2) is 0 Å². The van der Waals surface area contributed by atoms with E-state index in [4.69, 9.17) is 4.74 Å². The summed E-state index contributed by atoms with van der Waals surface area (Å²) in [6, 6.07) is 11.9. The number of aliphatic hydroxyl groups is 1. The number of fused-ring (bicyclic) bond motifs is 1. The van der Waals surface area contributed by atoms with Crippen LogP contribution in [0.25, 0.3) is 0 Å². The SMILES string of the molecule is C=CCN1CC[C@@]2(c3cccc(OC)c3)C[C@H](NC(=O)C#Cc3ccc(C(F)(F)F)cc3)CC[C@]2(O)C1. The molecule has 2 aliphatic rings. The average molecular weight is 513 g/mol. The molecule has 0 radical (unpaired) electrons. The number of halogens is 3. The lowest BCUT2D eigenvalue weighted by Gasteiger charge is -2.58. The molecular formula is C29H31F3N2O3. The molecule has 2 aromatic carbocycles. The maximum absolute atomic E-state index is 12.8. The number of nitrogens with zero attached hydrogens (tertiary/aromatic N) is 1. The number of piperidine rings is 1. The van der Waals surface area contributed by atoms with Crippen molar-refractivity contribution in [2.24, 2.45) is 0 Å². The minimum absolute atomic E-state index is 0.216. The van der Waals surface area contributed by atoms with Crippen molar-refractivity contribution in [3.8, 4) is 17.6 Å². The lowest BCUT2D eigenvalue weighted by atomic mass is 9.55. The first-order valence-corrected chi connectivity index (χ1v) is 12.3. The second kappa shape index (κ2) is 10.6. The van der Waals surface area contributed by atoms with E-state index in [0.717, 1.165) is 24.2 Å². The number of amides is 1. The molecule has 1 amide bonds. The average Bonchev–Trinajstić information content (AvgIpc) is 2.87. The minimum Gasteiger partial charge on any atom is -0.497 e. The Balaban J connectivity index is 1.53. The molecule has 1 saturated heterocycles. The lowest BCUT2D eigenvalue weighted by molar-refractivity contribution is -0.137. The van der Waals surface area contributed by atoms with Crippen molar-refractivity contribution >= 4 is 5.91 Å². The largest absolute Gasteiger partial charge is 0.497 e. The summed E-state index contributed by atoms with van der Waals surface area (Å²) in [6.45, 7) is 5.80. The third-order valence-electron chi connectivity index (χ3n) is 7.61. The van der Waals surface area contributed by atoms with Gasteiger partial charge in [-0.15, -0.1) is 6.58 Å². The highest BCUT2D eigenvalue weighted by molar-refractivity contribution is 5.94. The van der Waals surface area contributed by atoms with E-state index < -0.39 is 28.7 Å². The lowest BCUT2D eigenvalue weighted by Crippen LogP contribution is -2.67. The van der Waals surface area contributed by atoms with E-state index in [1.165, 1.54) is 12.1 Å². The maximum atomic E-state index is 12.8. The number of likely N-dealkylation sites (tertiary alicyclic amines) is 1. The first-order valence-electron chi connectivity index (χ1n) is 12.3. The second-order valence-electron chi connectivity index (χ2n) is 9.86. The van der Waals surface area contributed by atoms with Crippen molar-refractivity contribution < 1.29 is 27.8 Å². The van der Waals surface area contributed by atoms with Crippen molar-refractivity contribution in [3.63, 3.8) is 0 Å². The number of ether oxygens (including phenoxy) is 1. The zero-order valence-corrected chi connectivity index (χ0v) is 20.8. The van der Waals surface area contributed by atoms with Crippen molar-refractivity contribution in [2.45, 2.75) is 48.9 Å². The highest BCUT2D eigenvalue weighted by Gasteiger charge is 2.57. The third kappa shape index (κ3) is 5.68. The van der Waals surface area contributed by atoms with E-state index in [0.29, 0.717) is 50.1 Å². The number of alkyl halides is 3. The molecule has 4 rings (SSSR count). The molecule has 0 spiro atoms. The predicted molar refractivity (Wildman–Crippen MR) is 135 cm³/mol. The predicted octanol–water partition coefficient (Wildman–Crippen LogP) is 4.30. The fraction of sp³-hybridized carbons (Fsp3) is 0.414. The summed E-state index contributed by atoms with van der Waals surface area (Å²) < 4.78 is 43.7. The van der Waals surface area contributed by atoms with E-state index in [1.54, 1.807) is 7.11 Å². The van der Waals surface area contributed by atoms with Crippen LogP contribution in [-0.4, -0.2) is 54.3 Å². The monoisotopic (exact) mass is 512 g/mol. The van der Waals surface area contributed by atoms with Crippen LogP contribution in [0, 0.1) is 11.8 Å². The molecule has 37 heavy (non-hydrogen) atoms. The van der Waals surface area contributed by atoms with Gasteiger partial charge in [0.25, 0.3) is 5.91 Å². The fourth-order valence-electron chi connectivity index (χ4n) is 5.73. The molecule has 1 aliphatic carbocycles. The first kappa shape index (κ1) is 26.8. The minimum atomic E-state index is -4.42. The molecule has 8 heteroatoms. The van der Waals surface area contributed by atoms with Crippen LogP contribution in [-0.2, 0) is 16.4 Å². The van der Waals surface area contributed by atoms with E-state index in [1.807, 2.05) is 30.3 Å². The molecule has 2 N–H and O–H groups in total. The number of hydrogen-bond donors (Lipinski definition) is 2. The van der Waals surface area contributed by atoms with Crippen LogP contribution in [0.15, 0.2) is 61.2 Å². The Bertz CT molecular complexity index is 1200. The number of carbonyl (C=O) groups excluding carboxylic acids is 1. The molecule has 196 valence electrons. The van der Waals surface area contributed by atoms with Gasteiger partial charge in [0.1, 0.15) is 5.75 Å². The number of hydrogen-bond acceptors (Lipinski definition) is 4. The van der Waals surface area contributed by atoms with Gasteiger partial charge in [-0.2, -0.15) is 13.2 Å². The molecule has 0 bridgehead atoms. The van der Waals surface area contributed by atoms with Gasteiger partial charge >= 0.3 is 6.18 Å². The van der Waals surface area contributed by atoms with Gasteiger partial charge in [-0.3, -0.25) is 9.69 Å². The summed E-state index contributed by atoms with van der Waals surface area (Å²) >= 11 is 0. The Morgan fingerprint density at radius 3 is 2.70 bits per heavy atom. The Labute approximate surface area is 215 Å². The smallest absolute Gasteiger partial charge is 0.416 e. The van der Waals surface area contributed by atoms with Crippen molar-refractivity contribution in [1.29, 1.82) is 0 Å². The molecule has 2 aromatic rings. The molecular weight excluding hydrogens is 481 g/mol. The maximum Gasteiger partial charge on any atom is 0.416 e. The number of carbonyl (C=O) groups is 1. The Morgan fingerprint density at radius 1 is 1.27 bits per heavy atom. The van der Waals surface area contributed by atoms with E-state index in [-0.39, 0.29) is 6.04 Å². The van der Waals surface area contributed by atoms with E-state index in [2.05, 4.69) is 28.6 Å². The fourth-order valence-corrected chi connectivity index (χ4v) is 5.73. The molecule has 1 heterocycles. The van der Waals surface area contributed by atoms with Gasteiger partial charge in [-0.05, 0) is 74.2 Å². The summed E-state index contributed by atoms with van der Waals surface area (Å²) in [5.74, 6) is 5.34. The molecule has 1 aliphatic heterocycles. The van der Waals surface area contributed by atoms with Gasteiger partial charge < -0.3 is 15.2 Å². The summed E-state index contributed by atoms with van der Waals surface area (Å²) in [5, 5.41) is 15.0. The van der Waals surface area contributed by atoms with Crippen LogP contribution < -0.4 is 10.1 Å². The number of rotatable bonds is 5. The van der Waals surface area contributed by atoms with Crippen molar-refractivity contribution in [2.75, 3.05) is 26.7 Å². The van der Waals surface area contributed by atoms with Crippen LogP contribution in [0.5, 0.6) is 5.75 Å². The summed E-state index contributed by atoms with van der Waals surface area (Å²) in [7, 11) is 1.61. The molecule has 5 nitrogen and oxygen atoms in total. The number of β-amino-alcohol motifs (C(OH)–C–C–N with tert-alkyl or cyclic N) is 1. The van der Waals surface area contributed by atoms with Crippen LogP contribution in [0.4, 0.5) is 13.2 Å². The van der Waals surface area contributed by atoms with Crippen LogP contribution >= 0.6 is 0 Å². The summed E-state index contributed by atoms with van der Waals surface area (Å²) in [4.78, 5) is 14.9. The number of methoxy groups -OCH3 is 1. The van der Waals surface area contributed by atoms with Crippen molar-refractivity contribution in [3.05, 3.63) is 77.9 Å². The van der Waals surface area contributed by atoms with E-state index >= 15 is 0 Å². The summed E-state index contributed by atoms with van der Waals surface area (Å²) in [5.41, 5.74) is -1.05.